The molecule has 0 heterocycles. The van der Waals surface area contributed by atoms with Gasteiger partial charge in [0.25, 0.3) is 0 Å². The molecule has 27 heavy (non-hydrogen) atoms. The van der Waals surface area contributed by atoms with Gasteiger partial charge in [-0.05, 0) is 0 Å². The number of halogens is 16. The summed E-state index contributed by atoms with van der Waals surface area (Å²) in [5.74, 6) is -15.0. The van der Waals surface area contributed by atoms with Crippen molar-refractivity contribution in [3.63, 3.8) is 0 Å². The zero-order valence-electron chi connectivity index (χ0n) is 11.3. The Bertz CT molecular complexity index is 559. The van der Waals surface area contributed by atoms with Crippen LogP contribution in [-0.2, 0) is 14.3 Å². The van der Waals surface area contributed by atoms with Crippen LogP contribution in [0.15, 0.2) is 0 Å². The minimum Gasteiger partial charge on any atom is -0.261 e. The first-order valence-corrected chi connectivity index (χ1v) is 5.29. The third-order valence-electron chi connectivity index (χ3n) is 2.22. The summed E-state index contributed by atoms with van der Waals surface area (Å²) in [6.07, 6.45) is -37.7. The van der Waals surface area contributed by atoms with Crippen LogP contribution in [0.4, 0.5) is 70.2 Å². The molecule has 0 spiro atoms. The minimum atomic E-state index is -7.85. The maximum Gasteiger partial charge on any atom is 0.483 e. The van der Waals surface area contributed by atoms with E-state index in [1.165, 1.54) is 9.47 Å². The first kappa shape index (κ1) is 25.5. The maximum absolute atomic E-state index is 13.3. The highest BCUT2D eigenvalue weighted by molar-refractivity contribution is 5.77. The predicted octanol–water partition coefficient (Wildman–Crippen LogP) is 4.72. The number of hydrogen-bond donors (Lipinski definition) is 0. The largest absolute Gasteiger partial charge is 0.483 e. The average molecular weight is 448 g/mol. The molecule has 2 atom stereocenters. The van der Waals surface area contributed by atoms with Crippen LogP contribution < -0.4 is 0 Å². The predicted molar refractivity (Wildman–Crippen MR) is 44.0 cm³/mol. The molecule has 162 valence electrons. The molecule has 0 fully saturated rings. The molecule has 0 bridgehead atoms. The van der Waals surface area contributed by atoms with Crippen molar-refractivity contribution in [2.24, 2.45) is 0 Å². The third kappa shape index (κ3) is 4.49. The molecule has 0 aromatic heterocycles. The van der Waals surface area contributed by atoms with Gasteiger partial charge in [-0.1, -0.05) is 0 Å². The summed E-state index contributed by atoms with van der Waals surface area (Å²) < 4.78 is 200. The van der Waals surface area contributed by atoms with Gasteiger partial charge in [-0.25, -0.2) is 0 Å². The molecule has 0 radical (unpaired) electrons. The van der Waals surface area contributed by atoms with Gasteiger partial charge in [-0.15, -0.1) is 0 Å². The molecule has 19 heteroatoms. The number of hydrogen-bond acceptors (Lipinski definition) is 3. The Morgan fingerprint density at radius 2 is 0.889 bits per heavy atom. The van der Waals surface area contributed by atoms with E-state index in [0.29, 0.717) is 0 Å². The first-order valence-electron chi connectivity index (χ1n) is 5.29. The van der Waals surface area contributed by atoms with Gasteiger partial charge in [-0.2, -0.15) is 70.2 Å². The van der Waals surface area contributed by atoms with E-state index in [0.717, 1.165) is 0 Å². The molecule has 0 amide bonds. The van der Waals surface area contributed by atoms with E-state index < -0.39 is 48.5 Å². The molecular formula is C8F16O3. The van der Waals surface area contributed by atoms with Gasteiger partial charge in [0.2, 0.25) is 0 Å². The standard InChI is InChI=1S/C8F16O3/c9-1(25)2(10,4(12,13)14)26-7(21,22)3(11,5(15,16)17)27-8(23,24)6(18,19)20. The lowest BCUT2D eigenvalue weighted by Gasteiger charge is -2.38. The van der Waals surface area contributed by atoms with E-state index in [9.17, 15) is 75.0 Å². The average Bonchev–Trinajstić information content (AvgIpc) is 2.32. The summed E-state index contributed by atoms with van der Waals surface area (Å²) in [4.78, 5) is 9.82. The summed E-state index contributed by atoms with van der Waals surface area (Å²) in [6.45, 7) is 0. The zero-order valence-corrected chi connectivity index (χ0v) is 11.3. The fourth-order valence-electron chi connectivity index (χ4n) is 0.968. The maximum atomic E-state index is 13.3. The van der Waals surface area contributed by atoms with E-state index in [2.05, 4.69) is 0 Å². The molecule has 0 saturated carbocycles. The van der Waals surface area contributed by atoms with Crippen LogP contribution in [0.25, 0.3) is 0 Å². The second kappa shape index (κ2) is 6.52. The molecule has 0 aliphatic rings. The number of rotatable bonds is 6. The van der Waals surface area contributed by atoms with Crippen molar-refractivity contribution < 1.29 is 84.5 Å². The van der Waals surface area contributed by atoms with Crippen molar-refractivity contribution >= 4 is 6.04 Å². The molecule has 0 saturated heterocycles. The second-order valence-corrected chi connectivity index (χ2v) is 4.20. The Morgan fingerprint density at radius 1 is 0.519 bits per heavy atom. The van der Waals surface area contributed by atoms with Crippen molar-refractivity contribution in [1.29, 1.82) is 0 Å². The Morgan fingerprint density at radius 3 is 1.11 bits per heavy atom. The van der Waals surface area contributed by atoms with Crippen LogP contribution in [0.2, 0.25) is 0 Å². The van der Waals surface area contributed by atoms with Crippen LogP contribution in [-0.4, -0.2) is 48.5 Å². The van der Waals surface area contributed by atoms with Crippen molar-refractivity contribution in [2.45, 2.75) is 42.5 Å². The molecule has 0 aliphatic carbocycles. The molecular weight excluding hydrogens is 448 g/mol. The number of ether oxygens (including phenoxy) is 2. The lowest BCUT2D eigenvalue weighted by molar-refractivity contribution is -0.545. The van der Waals surface area contributed by atoms with Crippen molar-refractivity contribution in [3.8, 4) is 0 Å². The van der Waals surface area contributed by atoms with Gasteiger partial charge in [0.1, 0.15) is 0 Å². The third-order valence-corrected chi connectivity index (χ3v) is 2.22. The van der Waals surface area contributed by atoms with Crippen molar-refractivity contribution in [3.05, 3.63) is 0 Å². The van der Waals surface area contributed by atoms with Crippen LogP contribution in [0, 0.1) is 0 Å². The molecule has 0 aromatic carbocycles. The topological polar surface area (TPSA) is 35.5 Å². The van der Waals surface area contributed by atoms with E-state index in [-0.39, 0.29) is 0 Å². The minimum absolute atomic E-state index is 1.26. The zero-order chi connectivity index (χ0) is 22.5. The molecule has 0 aromatic rings. The molecule has 0 rings (SSSR count). The van der Waals surface area contributed by atoms with E-state index in [1.54, 1.807) is 0 Å². The highest BCUT2D eigenvalue weighted by Gasteiger charge is 2.83. The molecule has 0 N–H and O–H groups in total. The SMILES string of the molecule is O=C(F)C(F)(OC(F)(F)C(F)(OC(F)(F)C(F)(F)F)C(F)(F)F)C(F)(F)F. The molecule has 0 aliphatic heterocycles. The Hall–Kier alpha value is -1.53. The van der Waals surface area contributed by atoms with Crippen LogP contribution in [0.3, 0.4) is 0 Å². The van der Waals surface area contributed by atoms with Crippen LogP contribution in [0.5, 0.6) is 0 Å². The van der Waals surface area contributed by atoms with Gasteiger partial charge in [0, 0.05) is 0 Å². The monoisotopic (exact) mass is 448 g/mol. The molecule has 2 unspecified atom stereocenters. The molecule has 3 nitrogen and oxygen atoms in total. The summed E-state index contributed by atoms with van der Waals surface area (Å²) in [7, 11) is 0. The van der Waals surface area contributed by atoms with E-state index >= 15 is 0 Å². The summed E-state index contributed by atoms with van der Waals surface area (Å²) in [6, 6.07) is -4.68. The van der Waals surface area contributed by atoms with Crippen molar-refractivity contribution in [1.82, 2.24) is 0 Å². The van der Waals surface area contributed by atoms with E-state index in [1.807, 2.05) is 0 Å². The van der Waals surface area contributed by atoms with Gasteiger partial charge >= 0.3 is 48.5 Å². The number of alkyl halides is 15. The quantitative estimate of drug-likeness (QED) is 0.436. The lowest BCUT2D eigenvalue weighted by Crippen LogP contribution is -2.66. The van der Waals surface area contributed by atoms with Gasteiger partial charge in [0.05, 0.1) is 0 Å². The van der Waals surface area contributed by atoms with Crippen LogP contribution >= 0.6 is 0 Å². The Labute approximate surface area is 134 Å². The highest BCUT2D eigenvalue weighted by Crippen LogP contribution is 2.54. The lowest BCUT2D eigenvalue weighted by atomic mass is 10.2. The normalized spacial score (nSPS) is 19.4. The van der Waals surface area contributed by atoms with Crippen LogP contribution in [0.1, 0.15) is 0 Å². The van der Waals surface area contributed by atoms with E-state index in [4.69, 9.17) is 0 Å². The van der Waals surface area contributed by atoms with Crippen molar-refractivity contribution in [2.75, 3.05) is 0 Å². The Kier molecular flexibility index (Phi) is 6.15. The smallest absolute Gasteiger partial charge is 0.261 e. The Balaban J connectivity index is 6.42. The van der Waals surface area contributed by atoms with Gasteiger partial charge in [0.15, 0.2) is 0 Å². The summed E-state index contributed by atoms with van der Waals surface area (Å²) in [5, 5.41) is 0. The first-order chi connectivity index (χ1) is 11.4. The highest BCUT2D eigenvalue weighted by atomic mass is 19.4. The number of carbonyl (C=O) groups is 1. The second-order valence-electron chi connectivity index (χ2n) is 4.20. The van der Waals surface area contributed by atoms with Gasteiger partial charge < -0.3 is 0 Å². The number of carbonyl (C=O) groups excluding carboxylic acids is 1. The summed E-state index contributed by atoms with van der Waals surface area (Å²) >= 11 is 0. The fraction of sp³-hybridized carbons (Fsp3) is 0.875. The summed E-state index contributed by atoms with van der Waals surface area (Å²) in [5.41, 5.74) is 0. The fourth-order valence-corrected chi connectivity index (χ4v) is 0.968. The van der Waals surface area contributed by atoms with Gasteiger partial charge in [-0.3, -0.25) is 14.3 Å².